The summed E-state index contributed by atoms with van der Waals surface area (Å²) in [6, 6.07) is 2.83. The second-order valence-electron chi connectivity index (χ2n) is 3.96. The third kappa shape index (κ3) is 2.87. The molecule has 0 aliphatic carbocycles. The van der Waals surface area contributed by atoms with E-state index in [1.165, 1.54) is 11.3 Å². The van der Waals surface area contributed by atoms with Crippen molar-refractivity contribution >= 4 is 22.7 Å². The van der Waals surface area contributed by atoms with Crippen LogP contribution in [0, 0.1) is 21.7 Å². The molecule has 1 atom stereocenters. The van der Waals surface area contributed by atoms with Crippen LogP contribution >= 0.6 is 11.3 Å². The van der Waals surface area contributed by atoms with Crippen molar-refractivity contribution in [1.29, 1.82) is 0 Å². The number of thiophene rings is 1. The maximum absolute atomic E-state index is 13.7. The van der Waals surface area contributed by atoms with Crippen LogP contribution in [0.2, 0.25) is 0 Å². The molecule has 100 valence electrons. The molecule has 2 rings (SSSR count). The zero-order valence-electron chi connectivity index (χ0n) is 9.89. The van der Waals surface area contributed by atoms with Crippen molar-refractivity contribution in [3.8, 4) is 0 Å². The Morgan fingerprint density at radius 2 is 2.16 bits per heavy atom. The Labute approximate surface area is 111 Å². The van der Waals surface area contributed by atoms with E-state index in [1.54, 1.807) is 6.92 Å². The number of nitro benzene ring substituents is 1. The van der Waals surface area contributed by atoms with E-state index in [4.69, 9.17) is 0 Å². The van der Waals surface area contributed by atoms with Crippen LogP contribution in [0.25, 0.3) is 0 Å². The highest BCUT2D eigenvalue weighted by molar-refractivity contribution is 7.07. The molecule has 4 nitrogen and oxygen atoms in total. The van der Waals surface area contributed by atoms with Crippen molar-refractivity contribution in [3.63, 3.8) is 0 Å². The predicted molar refractivity (Wildman–Crippen MR) is 69.4 cm³/mol. The molecule has 1 heterocycles. The molecule has 1 aromatic heterocycles. The Morgan fingerprint density at radius 3 is 2.74 bits per heavy atom. The standard InChI is InChI=1S/C12H10F2N2O2S/c1-7(8-2-3-19-6-8)15-12-10(14)4-9(13)5-11(12)16(17)18/h2-7,15H,1H3. The molecule has 0 aliphatic heterocycles. The first-order valence-electron chi connectivity index (χ1n) is 5.41. The number of nitro groups is 1. The van der Waals surface area contributed by atoms with Gasteiger partial charge >= 0.3 is 0 Å². The van der Waals surface area contributed by atoms with Gasteiger partial charge in [0.25, 0.3) is 5.69 Å². The molecule has 2 aromatic rings. The van der Waals surface area contributed by atoms with Crippen molar-refractivity contribution in [2.45, 2.75) is 13.0 Å². The van der Waals surface area contributed by atoms with E-state index in [-0.39, 0.29) is 11.7 Å². The van der Waals surface area contributed by atoms with Gasteiger partial charge < -0.3 is 5.32 Å². The molecule has 0 amide bonds. The quantitative estimate of drug-likeness (QED) is 0.679. The van der Waals surface area contributed by atoms with E-state index < -0.39 is 22.2 Å². The van der Waals surface area contributed by atoms with Crippen molar-refractivity contribution in [2.75, 3.05) is 5.32 Å². The monoisotopic (exact) mass is 284 g/mol. The van der Waals surface area contributed by atoms with Crippen LogP contribution in [0.15, 0.2) is 29.0 Å². The minimum atomic E-state index is -0.978. The molecular weight excluding hydrogens is 274 g/mol. The van der Waals surface area contributed by atoms with Gasteiger partial charge in [0, 0.05) is 12.1 Å². The summed E-state index contributed by atoms with van der Waals surface area (Å²) in [5.74, 6) is -1.95. The van der Waals surface area contributed by atoms with Crippen LogP contribution in [0.5, 0.6) is 0 Å². The highest BCUT2D eigenvalue weighted by atomic mass is 32.1. The normalized spacial score (nSPS) is 12.2. The number of rotatable bonds is 4. The van der Waals surface area contributed by atoms with Gasteiger partial charge in [0.2, 0.25) is 0 Å². The van der Waals surface area contributed by atoms with Gasteiger partial charge in [-0.3, -0.25) is 10.1 Å². The Kier molecular flexibility index (Phi) is 3.75. The zero-order valence-corrected chi connectivity index (χ0v) is 10.7. The topological polar surface area (TPSA) is 55.2 Å². The van der Waals surface area contributed by atoms with Crippen LogP contribution in [-0.4, -0.2) is 4.92 Å². The number of halogens is 2. The van der Waals surface area contributed by atoms with Crippen molar-refractivity contribution in [3.05, 3.63) is 56.3 Å². The first-order valence-corrected chi connectivity index (χ1v) is 6.35. The van der Waals surface area contributed by atoms with E-state index >= 15 is 0 Å². The van der Waals surface area contributed by atoms with Crippen LogP contribution in [-0.2, 0) is 0 Å². The van der Waals surface area contributed by atoms with Gasteiger partial charge in [0.05, 0.1) is 11.0 Å². The summed E-state index contributed by atoms with van der Waals surface area (Å²) < 4.78 is 26.7. The summed E-state index contributed by atoms with van der Waals surface area (Å²) in [6.45, 7) is 1.74. The van der Waals surface area contributed by atoms with Gasteiger partial charge in [-0.1, -0.05) is 0 Å². The largest absolute Gasteiger partial charge is 0.371 e. The second kappa shape index (κ2) is 5.31. The average molecular weight is 284 g/mol. The fraction of sp³-hybridized carbons (Fsp3) is 0.167. The second-order valence-corrected chi connectivity index (χ2v) is 4.74. The van der Waals surface area contributed by atoms with Crippen LogP contribution in [0.3, 0.4) is 0 Å². The lowest BCUT2D eigenvalue weighted by atomic mass is 10.1. The first-order chi connectivity index (χ1) is 8.99. The average Bonchev–Trinajstić information content (AvgIpc) is 2.85. The van der Waals surface area contributed by atoms with Gasteiger partial charge in [-0.05, 0) is 29.3 Å². The molecule has 0 fully saturated rings. The van der Waals surface area contributed by atoms with E-state index in [0.29, 0.717) is 12.1 Å². The molecule has 7 heteroatoms. The maximum atomic E-state index is 13.7. The van der Waals surface area contributed by atoms with Crippen molar-refractivity contribution in [2.24, 2.45) is 0 Å². The molecule has 1 unspecified atom stereocenters. The Bertz CT molecular complexity index is 602. The van der Waals surface area contributed by atoms with E-state index in [0.717, 1.165) is 5.56 Å². The van der Waals surface area contributed by atoms with E-state index in [9.17, 15) is 18.9 Å². The molecule has 1 aromatic carbocycles. The third-order valence-electron chi connectivity index (χ3n) is 2.63. The van der Waals surface area contributed by atoms with Gasteiger partial charge in [0.1, 0.15) is 11.5 Å². The summed E-state index contributed by atoms with van der Waals surface area (Å²) in [5, 5.41) is 17.2. The van der Waals surface area contributed by atoms with Gasteiger partial charge in [0.15, 0.2) is 5.82 Å². The Hall–Kier alpha value is -2.02. The number of hydrogen-bond acceptors (Lipinski definition) is 4. The van der Waals surface area contributed by atoms with E-state index in [2.05, 4.69) is 5.32 Å². The highest BCUT2D eigenvalue weighted by Gasteiger charge is 2.22. The number of hydrogen-bond donors (Lipinski definition) is 1. The number of nitrogens with zero attached hydrogens (tertiary/aromatic N) is 1. The minimum Gasteiger partial charge on any atom is -0.371 e. The van der Waals surface area contributed by atoms with Crippen LogP contribution in [0.1, 0.15) is 18.5 Å². The fourth-order valence-corrected chi connectivity index (χ4v) is 2.42. The molecule has 0 saturated heterocycles. The number of nitrogens with one attached hydrogen (secondary N) is 1. The Balaban J connectivity index is 2.36. The van der Waals surface area contributed by atoms with Crippen molar-refractivity contribution in [1.82, 2.24) is 0 Å². The smallest absolute Gasteiger partial charge is 0.298 e. The molecule has 0 radical (unpaired) electrons. The zero-order chi connectivity index (χ0) is 14.0. The molecular formula is C12H10F2N2O2S. The minimum absolute atomic E-state index is 0.301. The van der Waals surface area contributed by atoms with E-state index in [1.807, 2.05) is 16.8 Å². The SMILES string of the molecule is CC(Nc1c(F)cc(F)cc1[N+](=O)[O-])c1ccsc1. The van der Waals surface area contributed by atoms with Gasteiger partial charge in [-0.25, -0.2) is 8.78 Å². The first kappa shape index (κ1) is 13.4. The molecule has 0 bridgehead atoms. The molecule has 0 aliphatic rings. The summed E-state index contributed by atoms with van der Waals surface area (Å²) >= 11 is 1.47. The summed E-state index contributed by atoms with van der Waals surface area (Å²) in [5.41, 5.74) is -0.0345. The Morgan fingerprint density at radius 1 is 1.42 bits per heavy atom. The van der Waals surface area contributed by atoms with Crippen molar-refractivity contribution < 1.29 is 13.7 Å². The lowest BCUT2D eigenvalue weighted by Crippen LogP contribution is -2.09. The molecule has 0 spiro atoms. The molecule has 1 N–H and O–H groups in total. The molecule has 19 heavy (non-hydrogen) atoms. The number of anilines is 1. The summed E-state index contributed by atoms with van der Waals surface area (Å²) in [7, 11) is 0. The van der Waals surface area contributed by atoms with Gasteiger partial charge in [-0.2, -0.15) is 11.3 Å². The maximum Gasteiger partial charge on any atom is 0.298 e. The molecule has 0 saturated carbocycles. The lowest BCUT2D eigenvalue weighted by Gasteiger charge is -2.14. The van der Waals surface area contributed by atoms with Crippen LogP contribution < -0.4 is 5.32 Å². The lowest BCUT2D eigenvalue weighted by molar-refractivity contribution is -0.384. The summed E-state index contributed by atoms with van der Waals surface area (Å²) in [6.07, 6.45) is 0. The van der Waals surface area contributed by atoms with Gasteiger partial charge in [-0.15, -0.1) is 0 Å². The van der Waals surface area contributed by atoms with Crippen LogP contribution in [0.4, 0.5) is 20.2 Å². The fourth-order valence-electron chi connectivity index (χ4n) is 1.67. The summed E-state index contributed by atoms with van der Waals surface area (Å²) in [4.78, 5) is 10.0. The third-order valence-corrected chi connectivity index (χ3v) is 3.34. The number of benzene rings is 1. The predicted octanol–water partition coefficient (Wildman–Crippen LogP) is 4.11. The highest BCUT2D eigenvalue weighted by Crippen LogP contribution is 2.32.